The number of carbonyl (C=O) groups is 1. The first-order valence-electron chi connectivity index (χ1n) is 8.69. The van der Waals surface area contributed by atoms with Crippen LogP contribution in [0, 0.1) is 6.92 Å². The summed E-state index contributed by atoms with van der Waals surface area (Å²) in [6.45, 7) is 2.79. The van der Waals surface area contributed by atoms with E-state index in [-0.39, 0.29) is 5.91 Å². The van der Waals surface area contributed by atoms with E-state index in [9.17, 15) is 4.79 Å². The van der Waals surface area contributed by atoms with Gasteiger partial charge in [0.05, 0.1) is 7.11 Å². The number of anilines is 1. The Morgan fingerprint density at radius 2 is 1.74 bits per heavy atom. The van der Waals surface area contributed by atoms with Crippen LogP contribution in [0.15, 0.2) is 60.7 Å². The van der Waals surface area contributed by atoms with Gasteiger partial charge in [0, 0.05) is 24.3 Å². The molecule has 0 atom stereocenters. The Morgan fingerprint density at radius 1 is 1.00 bits per heavy atom. The molecule has 0 fully saturated rings. The van der Waals surface area contributed by atoms with Crippen LogP contribution < -0.4 is 15.4 Å². The molecule has 138 valence electrons. The lowest BCUT2D eigenvalue weighted by atomic mass is 10.2. The highest BCUT2D eigenvalue weighted by atomic mass is 16.5. The summed E-state index contributed by atoms with van der Waals surface area (Å²) in [6, 6.07) is 19.2. The van der Waals surface area contributed by atoms with Crippen LogP contribution >= 0.6 is 0 Å². The Kier molecular flexibility index (Phi) is 5.99. The zero-order chi connectivity index (χ0) is 19.1. The van der Waals surface area contributed by atoms with E-state index in [1.807, 2.05) is 61.5 Å². The monoisotopic (exact) mass is 362 g/mol. The van der Waals surface area contributed by atoms with E-state index in [1.54, 1.807) is 13.2 Å². The smallest absolute Gasteiger partial charge is 0.270 e. The Bertz CT molecular complexity index is 913. The number of amides is 1. The third-order valence-corrected chi connectivity index (χ3v) is 4.01. The van der Waals surface area contributed by atoms with Gasteiger partial charge in [0.2, 0.25) is 5.95 Å². The fraction of sp³-hybridized carbons (Fsp3) is 0.190. The summed E-state index contributed by atoms with van der Waals surface area (Å²) in [5.41, 5.74) is 3.07. The molecule has 1 amide bonds. The molecule has 27 heavy (non-hydrogen) atoms. The van der Waals surface area contributed by atoms with Crippen LogP contribution in [0.3, 0.4) is 0 Å². The molecule has 0 saturated carbocycles. The molecule has 0 unspecified atom stereocenters. The van der Waals surface area contributed by atoms with Crippen molar-refractivity contribution >= 4 is 11.9 Å². The van der Waals surface area contributed by atoms with E-state index in [0.717, 1.165) is 22.6 Å². The molecule has 0 aliphatic carbocycles. The van der Waals surface area contributed by atoms with Crippen LogP contribution in [0.4, 0.5) is 5.95 Å². The van der Waals surface area contributed by atoms with Gasteiger partial charge in [-0.15, -0.1) is 0 Å². The van der Waals surface area contributed by atoms with Crippen LogP contribution in [-0.4, -0.2) is 23.0 Å². The van der Waals surface area contributed by atoms with Crippen LogP contribution in [0.1, 0.15) is 27.3 Å². The number of nitrogens with one attached hydrogen (secondary N) is 2. The van der Waals surface area contributed by atoms with Gasteiger partial charge in [-0.1, -0.05) is 48.5 Å². The molecular weight excluding hydrogens is 340 g/mol. The molecule has 0 aliphatic heterocycles. The van der Waals surface area contributed by atoms with E-state index in [0.29, 0.717) is 24.7 Å². The summed E-state index contributed by atoms with van der Waals surface area (Å²) in [7, 11) is 1.61. The number of hydrogen-bond donors (Lipinski definition) is 2. The molecular formula is C21H22N4O2. The first-order chi connectivity index (χ1) is 13.2. The van der Waals surface area contributed by atoms with Gasteiger partial charge >= 0.3 is 0 Å². The van der Waals surface area contributed by atoms with E-state index in [4.69, 9.17) is 4.74 Å². The predicted molar refractivity (Wildman–Crippen MR) is 105 cm³/mol. The Hall–Kier alpha value is -3.41. The lowest BCUT2D eigenvalue weighted by Gasteiger charge is -2.11. The van der Waals surface area contributed by atoms with Gasteiger partial charge in [-0.25, -0.2) is 9.97 Å². The summed E-state index contributed by atoms with van der Waals surface area (Å²) < 4.78 is 5.31. The molecule has 2 aromatic carbocycles. The molecule has 3 aromatic rings. The Labute approximate surface area is 158 Å². The van der Waals surface area contributed by atoms with Gasteiger partial charge in [-0.2, -0.15) is 0 Å². The zero-order valence-corrected chi connectivity index (χ0v) is 15.4. The molecule has 0 radical (unpaired) electrons. The standard InChI is InChI=1S/C21H22N4O2/c1-15-12-18(20(26)22-14-17-10-6-7-11-19(17)27-2)25-21(24-15)23-13-16-8-4-3-5-9-16/h3-12H,13-14H2,1-2H3,(H,22,26)(H,23,24,25). The van der Waals surface area contributed by atoms with Gasteiger partial charge in [-0.3, -0.25) is 4.79 Å². The highest BCUT2D eigenvalue weighted by molar-refractivity contribution is 5.92. The predicted octanol–water partition coefficient (Wildman–Crippen LogP) is 3.34. The highest BCUT2D eigenvalue weighted by Crippen LogP contribution is 2.17. The van der Waals surface area contributed by atoms with Gasteiger partial charge in [-0.05, 0) is 24.6 Å². The van der Waals surface area contributed by atoms with Crippen molar-refractivity contribution in [3.05, 3.63) is 83.2 Å². The number of para-hydroxylation sites is 1. The van der Waals surface area contributed by atoms with Crippen molar-refractivity contribution in [1.29, 1.82) is 0 Å². The molecule has 2 N–H and O–H groups in total. The summed E-state index contributed by atoms with van der Waals surface area (Å²) in [6.07, 6.45) is 0. The first kappa shape index (κ1) is 18.4. The molecule has 0 spiro atoms. The van der Waals surface area contributed by atoms with Crippen molar-refractivity contribution in [3.63, 3.8) is 0 Å². The maximum absolute atomic E-state index is 12.5. The number of aryl methyl sites for hydroxylation is 1. The number of nitrogens with zero attached hydrogens (tertiary/aromatic N) is 2. The van der Waals surface area contributed by atoms with Crippen molar-refractivity contribution in [2.45, 2.75) is 20.0 Å². The van der Waals surface area contributed by atoms with Crippen molar-refractivity contribution in [2.24, 2.45) is 0 Å². The van der Waals surface area contributed by atoms with Crippen LogP contribution in [0.5, 0.6) is 5.75 Å². The van der Waals surface area contributed by atoms with Crippen molar-refractivity contribution in [1.82, 2.24) is 15.3 Å². The number of hydrogen-bond acceptors (Lipinski definition) is 5. The maximum Gasteiger partial charge on any atom is 0.270 e. The van der Waals surface area contributed by atoms with E-state index in [1.165, 1.54) is 0 Å². The fourth-order valence-corrected chi connectivity index (χ4v) is 2.66. The topological polar surface area (TPSA) is 76.1 Å². The van der Waals surface area contributed by atoms with E-state index in [2.05, 4.69) is 20.6 Å². The second-order valence-corrected chi connectivity index (χ2v) is 6.05. The minimum absolute atomic E-state index is 0.255. The molecule has 3 rings (SSSR count). The summed E-state index contributed by atoms with van der Waals surface area (Å²) >= 11 is 0. The molecule has 6 nitrogen and oxygen atoms in total. The second-order valence-electron chi connectivity index (χ2n) is 6.05. The molecule has 1 heterocycles. The zero-order valence-electron chi connectivity index (χ0n) is 15.4. The minimum Gasteiger partial charge on any atom is -0.496 e. The Balaban J connectivity index is 1.66. The van der Waals surface area contributed by atoms with Crippen molar-refractivity contribution in [3.8, 4) is 5.75 Å². The highest BCUT2D eigenvalue weighted by Gasteiger charge is 2.11. The van der Waals surface area contributed by atoms with Crippen LogP contribution in [0.2, 0.25) is 0 Å². The molecule has 6 heteroatoms. The third kappa shape index (κ3) is 5.04. The molecule has 1 aromatic heterocycles. The van der Waals surface area contributed by atoms with Crippen LogP contribution in [-0.2, 0) is 13.1 Å². The lowest BCUT2D eigenvalue weighted by molar-refractivity contribution is 0.0945. The Morgan fingerprint density at radius 3 is 2.52 bits per heavy atom. The van der Waals surface area contributed by atoms with Gasteiger partial charge in [0.1, 0.15) is 11.4 Å². The van der Waals surface area contributed by atoms with E-state index >= 15 is 0 Å². The minimum atomic E-state index is -0.255. The second kappa shape index (κ2) is 8.80. The molecule has 0 saturated heterocycles. The normalized spacial score (nSPS) is 10.3. The third-order valence-electron chi connectivity index (χ3n) is 4.01. The number of methoxy groups -OCH3 is 1. The summed E-state index contributed by atoms with van der Waals surface area (Å²) in [5.74, 6) is 0.914. The largest absolute Gasteiger partial charge is 0.496 e. The SMILES string of the molecule is COc1ccccc1CNC(=O)c1cc(C)nc(NCc2ccccc2)n1. The van der Waals surface area contributed by atoms with Crippen molar-refractivity contribution < 1.29 is 9.53 Å². The fourth-order valence-electron chi connectivity index (χ4n) is 2.66. The lowest BCUT2D eigenvalue weighted by Crippen LogP contribution is -2.24. The van der Waals surface area contributed by atoms with Gasteiger partial charge < -0.3 is 15.4 Å². The average Bonchev–Trinajstić information content (AvgIpc) is 2.71. The first-order valence-corrected chi connectivity index (χ1v) is 8.69. The molecule has 0 aliphatic rings. The average molecular weight is 362 g/mol. The summed E-state index contributed by atoms with van der Waals surface area (Å²) in [4.78, 5) is 21.2. The number of carbonyl (C=O) groups excluding carboxylic acids is 1. The van der Waals surface area contributed by atoms with Gasteiger partial charge in [0.15, 0.2) is 0 Å². The van der Waals surface area contributed by atoms with Crippen LogP contribution in [0.25, 0.3) is 0 Å². The number of benzene rings is 2. The van der Waals surface area contributed by atoms with E-state index < -0.39 is 0 Å². The van der Waals surface area contributed by atoms with Crippen molar-refractivity contribution in [2.75, 3.05) is 12.4 Å². The molecule has 0 bridgehead atoms. The maximum atomic E-state index is 12.5. The number of ether oxygens (including phenoxy) is 1. The quantitative estimate of drug-likeness (QED) is 0.674. The number of aromatic nitrogens is 2. The number of rotatable bonds is 7. The summed E-state index contributed by atoms with van der Waals surface area (Å²) in [5, 5.41) is 6.05. The van der Waals surface area contributed by atoms with Gasteiger partial charge in [0.25, 0.3) is 5.91 Å².